The van der Waals surface area contributed by atoms with E-state index in [1.807, 2.05) is 18.2 Å². The Bertz CT molecular complexity index is 680. The quantitative estimate of drug-likeness (QED) is 0.752. The van der Waals surface area contributed by atoms with Crippen LogP contribution in [-0.4, -0.2) is 43.6 Å². The van der Waals surface area contributed by atoms with Gasteiger partial charge in [-0.1, -0.05) is 12.1 Å². The summed E-state index contributed by atoms with van der Waals surface area (Å²) in [5.41, 5.74) is 2.48. The van der Waals surface area contributed by atoms with E-state index in [1.54, 1.807) is 14.0 Å². The van der Waals surface area contributed by atoms with Gasteiger partial charge in [0.15, 0.2) is 5.78 Å². The molecule has 0 saturated carbocycles. The summed E-state index contributed by atoms with van der Waals surface area (Å²) in [6, 6.07) is 10.2. The van der Waals surface area contributed by atoms with Crippen molar-refractivity contribution in [3.63, 3.8) is 0 Å². The lowest BCUT2D eigenvalue weighted by Gasteiger charge is -2.32. The van der Waals surface area contributed by atoms with Gasteiger partial charge in [-0.2, -0.15) is 0 Å². The van der Waals surface area contributed by atoms with Gasteiger partial charge in [0.05, 0.1) is 24.7 Å². The number of hydrogen-bond acceptors (Lipinski definition) is 5. The van der Waals surface area contributed by atoms with Crippen molar-refractivity contribution in [2.45, 2.75) is 26.0 Å². The van der Waals surface area contributed by atoms with Gasteiger partial charge in [-0.25, -0.2) is 0 Å². The molecule has 1 fully saturated rings. The molecule has 1 saturated heterocycles. The lowest BCUT2D eigenvalue weighted by Crippen LogP contribution is -2.42. The highest BCUT2D eigenvalue weighted by atomic mass is 32.1. The van der Waals surface area contributed by atoms with Gasteiger partial charge < -0.3 is 9.47 Å². The number of nitrogens with zero attached hydrogens (tertiary/aromatic N) is 1. The zero-order valence-electron chi connectivity index (χ0n) is 14.2. The number of carbonyl (C=O) groups is 1. The molecule has 0 radical (unpaired) electrons. The predicted octanol–water partition coefficient (Wildman–Crippen LogP) is 3.40. The van der Waals surface area contributed by atoms with Crippen molar-refractivity contribution in [3.05, 3.63) is 51.7 Å². The summed E-state index contributed by atoms with van der Waals surface area (Å²) in [6.45, 7) is 5.10. The second kappa shape index (κ2) is 7.92. The molecule has 0 amide bonds. The minimum Gasteiger partial charge on any atom is -0.497 e. The first-order valence-corrected chi connectivity index (χ1v) is 9.07. The maximum Gasteiger partial charge on any atom is 0.169 e. The van der Waals surface area contributed by atoms with Crippen LogP contribution < -0.4 is 4.74 Å². The van der Waals surface area contributed by atoms with Gasteiger partial charge in [0.1, 0.15) is 5.75 Å². The topological polar surface area (TPSA) is 38.8 Å². The molecule has 5 heteroatoms. The Kier molecular flexibility index (Phi) is 5.66. The Hall–Kier alpha value is -1.69. The normalized spacial score (nSPS) is 18.5. The van der Waals surface area contributed by atoms with E-state index in [1.165, 1.54) is 22.5 Å². The highest BCUT2D eigenvalue weighted by molar-refractivity contribution is 7.12. The maximum absolute atomic E-state index is 11.4. The minimum atomic E-state index is 0.144. The van der Waals surface area contributed by atoms with E-state index in [2.05, 4.69) is 22.4 Å². The molecule has 1 aromatic carbocycles. The van der Waals surface area contributed by atoms with E-state index >= 15 is 0 Å². The highest BCUT2D eigenvalue weighted by Crippen LogP contribution is 2.20. The van der Waals surface area contributed by atoms with E-state index in [4.69, 9.17) is 9.47 Å². The number of ketones is 1. The number of hydrogen-bond donors (Lipinski definition) is 0. The van der Waals surface area contributed by atoms with Crippen LogP contribution in [0, 0.1) is 0 Å². The van der Waals surface area contributed by atoms with Gasteiger partial charge >= 0.3 is 0 Å². The summed E-state index contributed by atoms with van der Waals surface area (Å²) >= 11 is 1.53. The standard InChI is InChI=1S/C19H23NO3S/c1-14(21)19-10-16(13-24-19)11-20-7-8-23-18(12-20)9-15-3-5-17(22-2)6-4-15/h3-6,10,13,18H,7-9,11-12H2,1-2H3. The van der Waals surface area contributed by atoms with Crippen LogP contribution in [0.3, 0.4) is 0 Å². The molecule has 0 N–H and O–H groups in total. The fraction of sp³-hybridized carbons (Fsp3) is 0.421. The monoisotopic (exact) mass is 345 g/mol. The molecular weight excluding hydrogens is 322 g/mol. The highest BCUT2D eigenvalue weighted by Gasteiger charge is 2.21. The predicted molar refractivity (Wildman–Crippen MR) is 96.0 cm³/mol. The van der Waals surface area contributed by atoms with Gasteiger partial charge in [-0.05, 0) is 48.1 Å². The second-order valence-electron chi connectivity index (χ2n) is 6.16. The third-order valence-corrected chi connectivity index (χ3v) is 5.33. The van der Waals surface area contributed by atoms with Crippen LogP contribution in [-0.2, 0) is 17.7 Å². The summed E-state index contributed by atoms with van der Waals surface area (Å²) in [6.07, 6.45) is 1.11. The zero-order chi connectivity index (χ0) is 16.9. The van der Waals surface area contributed by atoms with Crippen molar-refractivity contribution < 1.29 is 14.3 Å². The lowest BCUT2D eigenvalue weighted by molar-refractivity contribution is -0.0304. The SMILES string of the molecule is COc1ccc(CC2CN(Cc3csc(C(C)=O)c3)CCO2)cc1. The Morgan fingerprint density at radius 2 is 2.12 bits per heavy atom. The molecule has 128 valence electrons. The molecule has 4 nitrogen and oxygen atoms in total. The third kappa shape index (κ3) is 4.44. The largest absolute Gasteiger partial charge is 0.497 e. The molecule has 1 unspecified atom stereocenters. The fourth-order valence-electron chi connectivity index (χ4n) is 2.97. The number of morpholine rings is 1. The van der Waals surface area contributed by atoms with Crippen LogP contribution in [0.15, 0.2) is 35.7 Å². The number of carbonyl (C=O) groups excluding carboxylic acids is 1. The Labute approximate surface area is 147 Å². The van der Waals surface area contributed by atoms with Gasteiger partial charge in [-0.3, -0.25) is 9.69 Å². The van der Waals surface area contributed by atoms with Crippen LogP contribution in [0.2, 0.25) is 0 Å². The number of ether oxygens (including phenoxy) is 2. The van der Waals surface area contributed by atoms with Crippen molar-refractivity contribution in [2.24, 2.45) is 0 Å². The molecule has 2 heterocycles. The molecule has 1 aliphatic rings. The average Bonchev–Trinajstić information content (AvgIpc) is 3.05. The molecule has 2 aromatic rings. The van der Waals surface area contributed by atoms with Crippen LogP contribution >= 0.6 is 11.3 Å². The first-order chi connectivity index (χ1) is 11.6. The van der Waals surface area contributed by atoms with Crippen molar-refractivity contribution in [3.8, 4) is 5.75 Å². The number of rotatable bonds is 6. The van der Waals surface area contributed by atoms with Gasteiger partial charge in [0, 0.05) is 19.6 Å². The maximum atomic E-state index is 11.4. The molecule has 24 heavy (non-hydrogen) atoms. The van der Waals surface area contributed by atoms with Gasteiger partial charge in [0.2, 0.25) is 0 Å². The van der Waals surface area contributed by atoms with E-state index in [-0.39, 0.29) is 11.9 Å². The molecule has 1 aromatic heterocycles. The lowest BCUT2D eigenvalue weighted by atomic mass is 10.1. The summed E-state index contributed by atoms with van der Waals surface area (Å²) in [7, 11) is 1.68. The second-order valence-corrected chi connectivity index (χ2v) is 7.07. The molecular formula is C19H23NO3S. The molecule has 0 bridgehead atoms. The number of Topliss-reactive ketones (excluding diaryl/α,β-unsaturated/α-hetero) is 1. The fourth-order valence-corrected chi connectivity index (χ4v) is 3.78. The van der Waals surface area contributed by atoms with Crippen molar-refractivity contribution in [1.82, 2.24) is 4.90 Å². The van der Waals surface area contributed by atoms with Crippen LogP contribution in [0.1, 0.15) is 27.7 Å². The van der Waals surface area contributed by atoms with Crippen molar-refractivity contribution >= 4 is 17.1 Å². The van der Waals surface area contributed by atoms with Gasteiger partial charge in [0.25, 0.3) is 0 Å². The molecule has 0 spiro atoms. The van der Waals surface area contributed by atoms with E-state index < -0.39 is 0 Å². The Morgan fingerprint density at radius 1 is 1.33 bits per heavy atom. The number of thiophene rings is 1. The van der Waals surface area contributed by atoms with E-state index in [9.17, 15) is 4.79 Å². The molecule has 3 rings (SSSR count). The first kappa shape index (κ1) is 17.1. The Morgan fingerprint density at radius 3 is 2.79 bits per heavy atom. The van der Waals surface area contributed by atoms with Crippen molar-refractivity contribution in [1.29, 1.82) is 0 Å². The zero-order valence-corrected chi connectivity index (χ0v) is 15.0. The summed E-state index contributed by atoms with van der Waals surface area (Å²) < 4.78 is 11.1. The molecule has 0 aliphatic carbocycles. The average molecular weight is 345 g/mol. The number of methoxy groups -OCH3 is 1. The Balaban J connectivity index is 1.56. The first-order valence-electron chi connectivity index (χ1n) is 8.19. The minimum absolute atomic E-state index is 0.144. The van der Waals surface area contributed by atoms with Gasteiger partial charge in [-0.15, -0.1) is 11.3 Å². The van der Waals surface area contributed by atoms with E-state index in [0.717, 1.165) is 43.3 Å². The molecule has 1 atom stereocenters. The number of benzene rings is 1. The summed E-state index contributed by atoms with van der Waals surface area (Å²) in [4.78, 5) is 14.7. The summed E-state index contributed by atoms with van der Waals surface area (Å²) in [5, 5.41) is 2.09. The van der Waals surface area contributed by atoms with Crippen LogP contribution in [0.25, 0.3) is 0 Å². The van der Waals surface area contributed by atoms with E-state index in [0.29, 0.717) is 0 Å². The third-order valence-electron chi connectivity index (χ3n) is 4.25. The van der Waals surface area contributed by atoms with Crippen molar-refractivity contribution in [2.75, 3.05) is 26.8 Å². The molecule has 1 aliphatic heterocycles. The van der Waals surface area contributed by atoms with Crippen LogP contribution in [0.4, 0.5) is 0 Å². The van der Waals surface area contributed by atoms with Crippen LogP contribution in [0.5, 0.6) is 5.75 Å². The summed E-state index contributed by atoms with van der Waals surface area (Å²) in [5.74, 6) is 1.02. The smallest absolute Gasteiger partial charge is 0.169 e.